The van der Waals surface area contributed by atoms with Gasteiger partial charge in [0.1, 0.15) is 24.1 Å². The van der Waals surface area contributed by atoms with Gasteiger partial charge in [0.15, 0.2) is 0 Å². The van der Waals surface area contributed by atoms with E-state index in [1.165, 1.54) is 0 Å². The third kappa shape index (κ3) is 6.62. The molecule has 1 atom stereocenters. The normalized spacial score (nSPS) is 12.2. The van der Waals surface area contributed by atoms with Gasteiger partial charge in [0.2, 0.25) is 15.9 Å². The largest absolute Gasteiger partial charge is 0.494 e. The quantitative estimate of drug-likeness (QED) is 0.532. The van der Waals surface area contributed by atoms with Crippen LogP contribution in [0.15, 0.2) is 42.5 Å². The Morgan fingerprint density at radius 2 is 1.74 bits per heavy atom. The molecule has 0 saturated heterocycles. The molecule has 0 aliphatic rings. The molecular formula is C23H32N2O5S. The maximum atomic E-state index is 12.8. The molecule has 0 spiro atoms. The summed E-state index contributed by atoms with van der Waals surface area (Å²) >= 11 is 0. The van der Waals surface area contributed by atoms with Crippen molar-refractivity contribution >= 4 is 21.6 Å². The molecule has 2 rings (SSSR count). The third-order valence-corrected chi connectivity index (χ3v) is 6.13. The molecule has 0 aliphatic carbocycles. The van der Waals surface area contributed by atoms with Gasteiger partial charge < -0.3 is 14.8 Å². The molecule has 1 unspecified atom stereocenters. The van der Waals surface area contributed by atoms with Gasteiger partial charge in [-0.25, -0.2) is 8.42 Å². The van der Waals surface area contributed by atoms with Crippen molar-refractivity contribution in [2.45, 2.75) is 40.2 Å². The summed E-state index contributed by atoms with van der Waals surface area (Å²) in [4.78, 5) is 12.8. The molecule has 8 heteroatoms. The predicted octanol–water partition coefficient (Wildman–Crippen LogP) is 3.44. The first kappa shape index (κ1) is 24.5. The highest BCUT2D eigenvalue weighted by Gasteiger charge is 2.31. The summed E-state index contributed by atoms with van der Waals surface area (Å²) in [5.74, 6) is 1.04. The Bertz CT molecular complexity index is 974. The monoisotopic (exact) mass is 448 g/mol. The Hall–Kier alpha value is -2.74. The zero-order valence-electron chi connectivity index (χ0n) is 18.8. The van der Waals surface area contributed by atoms with E-state index in [0.29, 0.717) is 24.5 Å². The number of carbonyl (C=O) groups is 1. The molecule has 0 fully saturated rings. The molecule has 0 bridgehead atoms. The lowest BCUT2D eigenvalue weighted by Gasteiger charge is -2.30. The van der Waals surface area contributed by atoms with Crippen LogP contribution in [0, 0.1) is 13.8 Å². The number of sulfonamides is 1. The second-order valence-corrected chi connectivity index (χ2v) is 9.11. The van der Waals surface area contributed by atoms with E-state index >= 15 is 0 Å². The molecule has 0 radical (unpaired) electrons. The lowest BCUT2D eigenvalue weighted by Crippen LogP contribution is -2.50. The molecule has 0 aromatic heterocycles. The predicted molar refractivity (Wildman–Crippen MR) is 123 cm³/mol. The van der Waals surface area contributed by atoms with E-state index in [9.17, 15) is 13.2 Å². The second-order valence-electron chi connectivity index (χ2n) is 7.25. The Balaban J connectivity index is 2.07. The van der Waals surface area contributed by atoms with Crippen molar-refractivity contribution in [1.29, 1.82) is 0 Å². The van der Waals surface area contributed by atoms with Crippen LogP contribution < -0.4 is 19.1 Å². The van der Waals surface area contributed by atoms with Crippen molar-refractivity contribution in [2.75, 3.05) is 30.3 Å². The zero-order chi connectivity index (χ0) is 23.0. The first-order valence-corrected chi connectivity index (χ1v) is 12.2. The summed E-state index contributed by atoms with van der Waals surface area (Å²) in [5, 5.41) is 2.80. The number of hydrogen-bond acceptors (Lipinski definition) is 5. The summed E-state index contributed by atoms with van der Waals surface area (Å²) < 4.78 is 37.4. The van der Waals surface area contributed by atoms with Crippen molar-refractivity contribution in [1.82, 2.24) is 5.32 Å². The van der Waals surface area contributed by atoms with Crippen LogP contribution in [0.5, 0.6) is 11.5 Å². The molecule has 1 amide bonds. The molecule has 2 aromatic rings. The standard InChI is InChI=1S/C23H32N2O5S/c1-6-21(23(26)24-15-16-30-22-10-8-9-17(3)18(22)4)25(31(5,27)28)19-11-13-20(14-12-19)29-7-2/h8-14,21H,6-7,15-16H2,1-5H3,(H,24,26). The Morgan fingerprint density at radius 3 is 2.32 bits per heavy atom. The first-order valence-electron chi connectivity index (χ1n) is 10.4. The van der Waals surface area contributed by atoms with Crippen LogP contribution in [-0.4, -0.2) is 46.4 Å². The van der Waals surface area contributed by atoms with E-state index in [4.69, 9.17) is 9.47 Å². The first-order chi connectivity index (χ1) is 14.7. The summed E-state index contributed by atoms with van der Waals surface area (Å²) in [6.45, 7) is 8.71. The van der Waals surface area contributed by atoms with E-state index in [0.717, 1.165) is 27.4 Å². The number of amides is 1. The Morgan fingerprint density at radius 1 is 1.06 bits per heavy atom. The number of nitrogens with one attached hydrogen (secondary N) is 1. The van der Waals surface area contributed by atoms with Crippen molar-refractivity contribution in [3.63, 3.8) is 0 Å². The molecule has 2 aromatic carbocycles. The van der Waals surface area contributed by atoms with Gasteiger partial charge in [-0.3, -0.25) is 9.10 Å². The van der Waals surface area contributed by atoms with Crippen LogP contribution in [0.25, 0.3) is 0 Å². The number of carbonyl (C=O) groups excluding carboxylic acids is 1. The molecule has 0 heterocycles. The molecule has 1 N–H and O–H groups in total. The molecule has 7 nitrogen and oxygen atoms in total. The van der Waals surface area contributed by atoms with Gasteiger partial charge in [-0.05, 0) is 68.7 Å². The maximum absolute atomic E-state index is 12.8. The highest BCUT2D eigenvalue weighted by Crippen LogP contribution is 2.25. The molecule has 31 heavy (non-hydrogen) atoms. The number of hydrogen-bond donors (Lipinski definition) is 1. The number of rotatable bonds is 11. The Labute approximate surface area is 185 Å². The van der Waals surface area contributed by atoms with E-state index in [2.05, 4.69) is 5.32 Å². The summed E-state index contributed by atoms with van der Waals surface area (Å²) in [7, 11) is -3.68. The highest BCUT2D eigenvalue weighted by atomic mass is 32.2. The van der Waals surface area contributed by atoms with E-state index in [1.807, 2.05) is 39.0 Å². The van der Waals surface area contributed by atoms with Gasteiger partial charge in [-0.15, -0.1) is 0 Å². The number of benzene rings is 2. The minimum atomic E-state index is -3.68. The SMILES string of the molecule is CCOc1ccc(N(C(CC)C(=O)NCCOc2cccc(C)c2C)S(C)(=O)=O)cc1. The fourth-order valence-corrected chi connectivity index (χ4v) is 4.46. The summed E-state index contributed by atoms with van der Waals surface area (Å²) in [5.41, 5.74) is 2.60. The van der Waals surface area contributed by atoms with Gasteiger partial charge in [-0.1, -0.05) is 19.1 Å². The molecule has 0 aliphatic heterocycles. The van der Waals surface area contributed by atoms with Gasteiger partial charge in [0, 0.05) is 0 Å². The van der Waals surface area contributed by atoms with E-state index in [1.54, 1.807) is 31.2 Å². The second kappa shape index (κ2) is 11.0. The number of anilines is 1. The molecule has 170 valence electrons. The van der Waals surface area contributed by atoms with Gasteiger partial charge in [0.25, 0.3) is 0 Å². The fraction of sp³-hybridized carbons (Fsp3) is 0.435. The van der Waals surface area contributed by atoms with Crippen LogP contribution in [0.1, 0.15) is 31.4 Å². The van der Waals surface area contributed by atoms with Crippen molar-refractivity contribution in [3.8, 4) is 11.5 Å². The lowest BCUT2D eigenvalue weighted by atomic mass is 10.1. The van der Waals surface area contributed by atoms with Crippen LogP contribution in [0.3, 0.4) is 0 Å². The summed E-state index contributed by atoms with van der Waals surface area (Å²) in [6.07, 6.45) is 1.42. The van der Waals surface area contributed by atoms with Crippen molar-refractivity contribution in [3.05, 3.63) is 53.6 Å². The van der Waals surface area contributed by atoms with Crippen molar-refractivity contribution in [2.24, 2.45) is 0 Å². The molecular weight excluding hydrogens is 416 g/mol. The lowest BCUT2D eigenvalue weighted by molar-refractivity contribution is -0.122. The van der Waals surface area contributed by atoms with Gasteiger partial charge in [-0.2, -0.15) is 0 Å². The van der Waals surface area contributed by atoms with Gasteiger partial charge in [0.05, 0.1) is 25.1 Å². The van der Waals surface area contributed by atoms with Crippen molar-refractivity contribution < 1.29 is 22.7 Å². The van der Waals surface area contributed by atoms with Crippen LogP contribution in [0.2, 0.25) is 0 Å². The number of aryl methyl sites for hydroxylation is 1. The smallest absolute Gasteiger partial charge is 0.244 e. The average molecular weight is 449 g/mol. The molecule has 0 saturated carbocycles. The van der Waals surface area contributed by atoms with E-state index in [-0.39, 0.29) is 19.1 Å². The number of nitrogens with zero attached hydrogens (tertiary/aromatic N) is 1. The van der Waals surface area contributed by atoms with Crippen LogP contribution in [0.4, 0.5) is 5.69 Å². The zero-order valence-corrected chi connectivity index (χ0v) is 19.7. The fourth-order valence-electron chi connectivity index (χ4n) is 3.25. The van der Waals surface area contributed by atoms with Crippen LogP contribution in [-0.2, 0) is 14.8 Å². The highest BCUT2D eigenvalue weighted by molar-refractivity contribution is 7.92. The minimum absolute atomic E-state index is 0.267. The Kier molecular flexibility index (Phi) is 8.74. The minimum Gasteiger partial charge on any atom is -0.494 e. The van der Waals surface area contributed by atoms with E-state index < -0.39 is 16.1 Å². The number of ether oxygens (including phenoxy) is 2. The maximum Gasteiger partial charge on any atom is 0.244 e. The van der Waals surface area contributed by atoms with Crippen LogP contribution >= 0.6 is 0 Å². The third-order valence-electron chi connectivity index (χ3n) is 4.95. The average Bonchev–Trinajstić information content (AvgIpc) is 2.72. The summed E-state index contributed by atoms with van der Waals surface area (Å²) in [6, 6.07) is 11.6. The van der Waals surface area contributed by atoms with Gasteiger partial charge >= 0.3 is 0 Å². The topological polar surface area (TPSA) is 84.9 Å².